The zero-order chi connectivity index (χ0) is 27.4. The fraction of sp³-hybridized carbons (Fsp3) is 0.469. The van der Waals surface area contributed by atoms with Gasteiger partial charge in [0.15, 0.2) is 0 Å². The van der Waals surface area contributed by atoms with E-state index in [-0.39, 0.29) is 29.6 Å². The molecular weight excluding hydrogens is 489 g/mol. The molecule has 6 nitrogen and oxygen atoms in total. The van der Waals surface area contributed by atoms with Crippen molar-refractivity contribution in [2.45, 2.75) is 43.6 Å². The minimum atomic E-state index is -0.854. The second-order valence-corrected chi connectivity index (χ2v) is 11.4. The topological polar surface area (TPSA) is 83.2 Å². The fourth-order valence-electron chi connectivity index (χ4n) is 7.24. The van der Waals surface area contributed by atoms with Crippen LogP contribution in [0.2, 0.25) is 0 Å². The summed E-state index contributed by atoms with van der Waals surface area (Å²) in [7, 11) is 0. The Labute approximate surface area is 230 Å². The number of rotatable bonds is 8. The van der Waals surface area contributed by atoms with Crippen LogP contribution in [0.3, 0.4) is 0 Å². The molecule has 7 heteroatoms. The molecule has 1 N–H and O–H groups in total. The largest absolute Gasteiger partial charge is 0.371 e. The van der Waals surface area contributed by atoms with Gasteiger partial charge < -0.3 is 15.1 Å². The standard InChI is InChI=1S/C32H36FN5O/c1-2-31(39)36-30-8-4-7-29(30)32(22-35,26-5-3-6-27(33)17-26)25-13-15-37(16-14-25)19-24-20-38(21-24)28-11-9-23(18-34)10-12-28/h2-3,5-6,9-12,17,24-25,29-30H,1,4,7-8,13-16,19-21H2,(H,36,39). The van der Waals surface area contributed by atoms with Gasteiger partial charge in [0, 0.05) is 43.2 Å². The molecule has 3 fully saturated rings. The molecule has 2 heterocycles. The van der Waals surface area contributed by atoms with Crippen LogP contribution in [0.4, 0.5) is 10.1 Å². The molecule has 0 radical (unpaired) electrons. The first-order valence-electron chi connectivity index (χ1n) is 14.0. The quantitative estimate of drug-likeness (QED) is 0.502. The Bertz CT molecular complexity index is 1270. The van der Waals surface area contributed by atoms with E-state index in [4.69, 9.17) is 5.26 Å². The number of halogens is 1. The van der Waals surface area contributed by atoms with Crippen LogP contribution in [0.5, 0.6) is 0 Å². The van der Waals surface area contributed by atoms with Gasteiger partial charge in [-0.3, -0.25) is 4.79 Å². The summed E-state index contributed by atoms with van der Waals surface area (Å²) in [6.45, 7) is 8.45. The maximum absolute atomic E-state index is 14.5. The van der Waals surface area contributed by atoms with Crippen molar-refractivity contribution >= 4 is 11.6 Å². The van der Waals surface area contributed by atoms with Gasteiger partial charge in [-0.15, -0.1) is 0 Å². The highest BCUT2D eigenvalue weighted by Gasteiger charge is 2.52. The van der Waals surface area contributed by atoms with Crippen molar-refractivity contribution in [3.8, 4) is 12.1 Å². The van der Waals surface area contributed by atoms with Crippen LogP contribution < -0.4 is 10.2 Å². The predicted octanol–water partition coefficient (Wildman–Crippen LogP) is 4.78. The van der Waals surface area contributed by atoms with Crippen molar-refractivity contribution in [2.24, 2.45) is 17.8 Å². The van der Waals surface area contributed by atoms with Gasteiger partial charge in [0.2, 0.25) is 5.91 Å². The average molecular weight is 526 g/mol. The van der Waals surface area contributed by atoms with Crippen LogP contribution in [0.25, 0.3) is 0 Å². The lowest BCUT2D eigenvalue weighted by Crippen LogP contribution is -2.55. The van der Waals surface area contributed by atoms with Crippen LogP contribution in [-0.2, 0) is 10.2 Å². The summed E-state index contributed by atoms with van der Waals surface area (Å²) in [5, 5.41) is 22.9. The number of nitrogens with one attached hydrogen (secondary N) is 1. The van der Waals surface area contributed by atoms with E-state index in [1.807, 2.05) is 30.3 Å². The third kappa shape index (κ3) is 5.42. The molecule has 5 rings (SSSR count). The van der Waals surface area contributed by atoms with E-state index >= 15 is 0 Å². The van der Waals surface area contributed by atoms with E-state index in [0.717, 1.165) is 76.1 Å². The molecule has 2 saturated heterocycles. The summed E-state index contributed by atoms with van der Waals surface area (Å²) in [5.74, 6) is 0.0598. The van der Waals surface area contributed by atoms with Gasteiger partial charge in [0.1, 0.15) is 5.82 Å². The molecule has 0 aromatic heterocycles. The Kier molecular flexibility index (Phi) is 8.00. The molecule has 1 aliphatic carbocycles. The van der Waals surface area contributed by atoms with E-state index in [0.29, 0.717) is 11.5 Å². The first kappa shape index (κ1) is 26.9. The van der Waals surface area contributed by atoms with Crippen LogP contribution >= 0.6 is 0 Å². The lowest BCUT2D eigenvalue weighted by Gasteiger charge is -2.48. The first-order valence-corrected chi connectivity index (χ1v) is 14.0. The lowest BCUT2D eigenvalue weighted by molar-refractivity contribution is -0.117. The number of carbonyl (C=O) groups is 1. The smallest absolute Gasteiger partial charge is 0.243 e. The molecule has 39 heavy (non-hydrogen) atoms. The van der Waals surface area contributed by atoms with E-state index in [9.17, 15) is 14.4 Å². The Morgan fingerprint density at radius 3 is 2.49 bits per heavy atom. The number of amides is 1. The van der Waals surface area contributed by atoms with E-state index in [1.54, 1.807) is 6.07 Å². The number of carbonyl (C=O) groups excluding carboxylic acids is 1. The number of nitriles is 2. The van der Waals surface area contributed by atoms with E-state index in [2.05, 4.69) is 33.8 Å². The number of benzene rings is 2. The Morgan fingerprint density at radius 1 is 1.10 bits per heavy atom. The summed E-state index contributed by atoms with van der Waals surface area (Å²) in [4.78, 5) is 17.1. The first-order chi connectivity index (χ1) is 19.0. The number of hydrogen-bond acceptors (Lipinski definition) is 5. The molecule has 2 aromatic rings. The van der Waals surface area contributed by atoms with Crippen LogP contribution in [0.1, 0.15) is 43.2 Å². The summed E-state index contributed by atoms with van der Waals surface area (Å²) in [6.07, 6.45) is 5.61. The molecule has 1 saturated carbocycles. The van der Waals surface area contributed by atoms with Gasteiger partial charge >= 0.3 is 0 Å². The minimum absolute atomic E-state index is 0.0719. The Hall–Kier alpha value is -3.68. The maximum atomic E-state index is 14.5. The number of likely N-dealkylation sites (tertiary alicyclic amines) is 1. The molecule has 0 spiro atoms. The van der Waals surface area contributed by atoms with Gasteiger partial charge in [-0.05, 0) is 92.7 Å². The third-order valence-electron chi connectivity index (χ3n) is 9.17. The Morgan fingerprint density at radius 2 is 1.85 bits per heavy atom. The molecule has 2 aromatic carbocycles. The second-order valence-electron chi connectivity index (χ2n) is 11.4. The second kappa shape index (κ2) is 11.6. The molecule has 202 valence electrons. The number of nitrogens with zero attached hydrogens (tertiary/aromatic N) is 4. The normalized spacial score (nSPS) is 23.7. The van der Waals surface area contributed by atoms with E-state index < -0.39 is 5.41 Å². The molecular formula is C32H36FN5O. The van der Waals surface area contributed by atoms with Crippen molar-refractivity contribution in [1.29, 1.82) is 10.5 Å². The van der Waals surface area contributed by atoms with Gasteiger partial charge in [0.25, 0.3) is 0 Å². The molecule has 3 unspecified atom stereocenters. The van der Waals surface area contributed by atoms with Crippen LogP contribution in [0, 0.1) is 46.2 Å². The zero-order valence-corrected chi connectivity index (χ0v) is 22.4. The molecule has 3 atom stereocenters. The third-order valence-corrected chi connectivity index (χ3v) is 9.17. The number of anilines is 1. The average Bonchev–Trinajstić information content (AvgIpc) is 3.40. The van der Waals surface area contributed by atoms with Gasteiger partial charge in [-0.25, -0.2) is 4.39 Å². The molecule has 0 bridgehead atoms. The monoisotopic (exact) mass is 525 g/mol. The fourth-order valence-corrected chi connectivity index (χ4v) is 7.24. The maximum Gasteiger partial charge on any atom is 0.243 e. The van der Waals surface area contributed by atoms with Crippen molar-refractivity contribution < 1.29 is 9.18 Å². The molecule has 1 amide bonds. The number of hydrogen-bond donors (Lipinski definition) is 1. The highest BCUT2D eigenvalue weighted by Crippen LogP contribution is 2.50. The van der Waals surface area contributed by atoms with Gasteiger partial charge in [-0.1, -0.05) is 25.1 Å². The summed E-state index contributed by atoms with van der Waals surface area (Å²) >= 11 is 0. The molecule has 3 aliphatic rings. The summed E-state index contributed by atoms with van der Waals surface area (Å²) in [6, 6.07) is 19.1. The Balaban J connectivity index is 1.26. The van der Waals surface area contributed by atoms with Crippen molar-refractivity contribution in [3.63, 3.8) is 0 Å². The lowest BCUT2D eigenvalue weighted by atomic mass is 9.59. The van der Waals surface area contributed by atoms with Crippen LogP contribution in [-0.4, -0.2) is 49.6 Å². The zero-order valence-electron chi connectivity index (χ0n) is 22.4. The van der Waals surface area contributed by atoms with Crippen LogP contribution in [0.15, 0.2) is 61.2 Å². The highest BCUT2D eigenvalue weighted by atomic mass is 19.1. The predicted molar refractivity (Wildman–Crippen MR) is 149 cm³/mol. The summed E-state index contributed by atoms with van der Waals surface area (Å²) < 4.78 is 14.5. The van der Waals surface area contributed by atoms with Crippen molar-refractivity contribution in [1.82, 2.24) is 10.2 Å². The number of piperidine rings is 1. The summed E-state index contributed by atoms with van der Waals surface area (Å²) in [5.41, 5.74) is 1.72. The van der Waals surface area contributed by atoms with E-state index in [1.165, 1.54) is 18.2 Å². The molecule has 2 aliphatic heterocycles. The van der Waals surface area contributed by atoms with Crippen molar-refractivity contribution in [2.75, 3.05) is 37.6 Å². The highest BCUT2D eigenvalue weighted by molar-refractivity contribution is 5.87. The SMILES string of the molecule is C=CC(=O)NC1CCCC1C(C#N)(c1cccc(F)c1)C1CCN(CC2CN(c3ccc(C#N)cc3)C2)CC1. The van der Waals surface area contributed by atoms with Gasteiger partial charge in [0.05, 0.1) is 23.1 Å². The van der Waals surface area contributed by atoms with Gasteiger partial charge in [-0.2, -0.15) is 10.5 Å². The van der Waals surface area contributed by atoms with Crippen molar-refractivity contribution in [3.05, 3.63) is 78.1 Å². The minimum Gasteiger partial charge on any atom is -0.371 e.